The molecule has 0 aromatic carbocycles. The maximum absolute atomic E-state index is 11.7. The summed E-state index contributed by atoms with van der Waals surface area (Å²) in [6, 6.07) is 0. The molecule has 0 amide bonds. The van der Waals surface area contributed by atoms with Crippen LogP contribution in [0.2, 0.25) is 0 Å². The molecule has 1 saturated carbocycles. The summed E-state index contributed by atoms with van der Waals surface area (Å²) in [5.41, 5.74) is 2.14. The molecular formula is C11H14O. The second-order valence-corrected chi connectivity index (χ2v) is 4.20. The standard InChI is InChI=1S/C11H14O/c1-7-6-10(12)11(3)5-4-9(7)8(11)2/h6,9H,2,4-5H2,1,3H3/t9-,11+/m0/s1. The molecule has 2 rings (SSSR count). The third-order valence-electron chi connectivity index (χ3n) is 3.51. The van der Waals surface area contributed by atoms with Crippen molar-refractivity contribution in [2.45, 2.75) is 26.7 Å². The van der Waals surface area contributed by atoms with E-state index in [-0.39, 0.29) is 11.2 Å². The normalized spacial score (nSPS) is 40.2. The monoisotopic (exact) mass is 162 g/mol. The van der Waals surface area contributed by atoms with Gasteiger partial charge in [0.05, 0.1) is 5.41 Å². The van der Waals surface area contributed by atoms with Gasteiger partial charge in [0.25, 0.3) is 0 Å². The van der Waals surface area contributed by atoms with E-state index < -0.39 is 0 Å². The van der Waals surface area contributed by atoms with E-state index in [1.54, 1.807) is 0 Å². The average molecular weight is 162 g/mol. The zero-order valence-electron chi connectivity index (χ0n) is 7.68. The molecule has 1 nitrogen and oxygen atoms in total. The number of fused-ring (bicyclic) bond motifs is 2. The van der Waals surface area contributed by atoms with Gasteiger partial charge in [-0.25, -0.2) is 0 Å². The van der Waals surface area contributed by atoms with E-state index in [1.807, 2.05) is 19.9 Å². The molecule has 0 unspecified atom stereocenters. The van der Waals surface area contributed by atoms with Crippen molar-refractivity contribution in [1.29, 1.82) is 0 Å². The lowest BCUT2D eigenvalue weighted by Crippen LogP contribution is -2.28. The van der Waals surface area contributed by atoms with E-state index in [9.17, 15) is 4.79 Å². The van der Waals surface area contributed by atoms with Gasteiger partial charge in [-0.05, 0) is 32.8 Å². The zero-order valence-corrected chi connectivity index (χ0v) is 7.68. The maximum Gasteiger partial charge on any atom is 0.165 e. The number of carbonyl (C=O) groups is 1. The zero-order chi connectivity index (χ0) is 8.93. The number of ketones is 1. The molecule has 0 spiro atoms. The van der Waals surface area contributed by atoms with Crippen LogP contribution in [0, 0.1) is 11.3 Å². The Morgan fingerprint density at radius 1 is 1.67 bits per heavy atom. The Labute approximate surface area is 73.2 Å². The van der Waals surface area contributed by atoms with Gasteiger partial charge in [-0.15, -0.1) is 0 Å². The number of carbonyl (C=O) groups excluding carboxylic acids is 1. The molecule has 1 heteroatoms. The average Bonchev–Trinajstić information content (AvgIpc) is 2.23. The first-order chi connectivity index (χ1) is 5.55. The van der Waals surface area contributed by atoms with Crippen molar-refractivity contribution in [2.24, 2.45) is 11.3 Å². The number of hydrogen-bond donors (Lipinski definition) is 0. The van der Waals surface area contributed by atoms with E-state index in [0.717, 1.165) is 18.4 Å². The van der Waals surface area contributed by atoms with Crippen molar-refractivity contribution in [3.05, 3.63) is 23.8 Å². The highest BCUT2D eigenvalue weighted by molar-refractivity contribution is 5.99. The van der Waals surface area contributed by atoms with Crippen LogP contribution >= 0.6 is 0 Å². The quantitative estimate of drug-likeness (QED) is 0.500. The molecule has 2 atom stereocenters. The van der Waals surface area contributed by atoms with Crippen LogP contribution in [0.15, 0.2) is 23.8 Å². The predicted molar refractivity (Wildman–Crippen MR) is 48.7 cm³/mol. The fourth-order valence-corrected chi connectivity index (χ4v) is 2.40. The predicted octanol–water partition coefficient (Wildman–Crippen LogP) is 2.49. The Bertz CT molecular complexity index is 298. The van der Waals surface area contributed by atoms with E-state index in [1.165, 1.54) is 5.57 Å². The van der Waals surface area contributed by atoms with Gasteiger partial charge in [0.15, 0.2) is 5.78 Å². The summed E-state index contributed by atoms with van der Waals surface area (Å²) < 4.78 is 0. The Kier molecular flexibility index (Phi) is 1.36. The number of rotatable bonds is 0. The summed E-state index contributed by atoms with van der Waals surface area (Å²) in [5, 5.41) is 0. The molecule has 2 aliphatic carbocycles. The van der Waals surface area contributed by atoms with Crippen molar-refractivity contribution < 1.29 is 4.79 Å². The van der Waals surface area contributed by atoms with Gasteiger partial charge in [-0.3, -0.25) is 4.79 Å². The van der Waals surface area contributed by atoms with Crippen LogP contribution in [0.25, 0.3) is 0 Å². The molecule has 64 valence electrons. The molecule has 0 radical (unpaired) electrons. The summed E-state index contributed by atoms with van der Waals surface area (Å²) in [5.74, 6) is 0.756. The van der Waals surface area contributed by atoms with Crippen LogP contribution in [-0.2, 0) is 4.79 Å². The summed E-state index contributed by atoms with van der Waals surface area (Å²) in [6.07, 6.45) is 3.92. The fourth-order valence-electron chi connectivity index (χ4n) is 2.40. The number of hydrogen-bond acceptors (Lipinski definition) is 1. The van der Waals surface area contributed by atoms with Crippen LogP contribution in [-0.4, -0.2) is 5.78 Å². The lowest BCUT2D eigenvalue weighted by molar-refractivity contribution is -0.121. The van der Waals surface area contributed by atoms with Crippen molar-refractivity contribution >= 4 is 5.78 Å². The van der Waals surface area contributed by atoms with Gasteiger partial charge >= 0.3 is 0 Å². The van der Waals surface area contributed by atoms with Gasteiger partial charge in [-0.1, -0.05) is 17.7 Å². The van der Waals surface area contributed by atoms with Crippen molar-refractivity contribution in [1.82, 2.24) is 0 Å². The van der Waals surface area contributed by atoms with Crippen LogP contribution in [0.3, 0.4) is 0 Å². The maximum atomic E-state index is 11.7. The summed E-state index contributed by atoms with van der Waals surface area (Å²) in [6.45, 7) is 8.12. The molecule has 0 N–H and O–H groups in total. The third kappa shape index (κ3) is 0.715. The Morgan fingerprint density at radius 3 is 3.00 bits per heavy atom. The van der Waals surface area contributed by atoms with Crippen molar-refractivity contribution in [2.75, 3.05) is 0 Å². The minimum atomic E-state index is -0.218. The van der Waals surface area contributed by atoms with E-state index in [0.29, 0.717) is 5.92 Å². The minimum absolute atomic E-state index is 0.218. The van der Waals surface area contributed by atoms with E-state index in [4.69, 9.17) is 0 Å². The molecule has 0 heterocycles. The highest BCUT2D eigenvalue weighted by atomic mass is 16.1. The SMILES string of the molecule is C=C1[C@H]2CC[C@@]1(C)C(=O)C=C2C. The van der Waals surface area contributed by atoms with Crippen molar-refractivity contribution in [3.63, 3.8) is 0 Å². The van der Waals surface area contributed by atoms with Crippen LogP contribution in [0.1, 0.15) is 26.7 Å². The van der Waals surface area contributed by atoms with E-state index in [2.05, 4.69) is 6.58 Å². The minimum Gasteiger partial charge on any atom is -0.294 e. The molecular weight excluding hydrogens is 148 g/mol. The van der Waals surface area contributed by atoms with Crippen LogP contribution in [0.5, 0.6) is 0 Å². The van der Waals surface area contributed by atoms with Gasteiger partial charge in [0, 0.05) is 5.92 Å². The first-order valence-electron chi connectivity index (χ1n) is 4.47. The lowest BCUT2D eigenvalue weighted by Gasteiger charge is -2.28. The first kappa shape index (κ1) is 7.78. The van der Waals surface area contributed by atoms with Gasteiger partial charge in [-0.2, -0.15) is 0 Å². The van der Waals surface area contributed by atoms with Gasteiger partial charge < -0.3 is 0 Å². The largest absolute Gasteiger partial charge is 0.294 e. The van der Waals surface area contributed by atoms with Crippen LogP contribution < -0.4 is 0 Å². The number of allylic oxidation sites excluding steroid dienone is 3. The Balaban J connectivity index is 2.55. The molecule has 0 aliphatic heterocycles. The highest BCUT2D eigenvalue weighted by Crippen LogP contribution is 2.52. The topological polar surface area (TPSA) is 17.1 Å². The lowest BCUT2D eigenvalue weighted by atomic mass is 9.74. The second-order valence-electron chi connectivity index (χ2n) is 4.20. The molecule has 0 aromatic rings. The smallest absolute Gasteiger partial charge is 0.165 e. The van der Waals surface area contributed by atoms with Gasteiger partial charge in [0.1, 0.15) is 0 Å². The summed E-state index contributed by atoms with van der Waals surface area (Å²) >= 11 is 0. The summed E-state index contributed by atoms with van der Waals surface area (Å²) in [7, 11) is 0. The molecule has 0 saturated heterocycles. The molecule has 12 heavy (non-hydrogen) atoms. The third-order valence-corrected chi connectivity index (χ3v) is 3.51. The fraction of sp³-hybridized carbons (Fsp3) is 0.545. The molecule has 2 aliphatic rings. The van der Waals surface area contributed by atoms with Gasteiger partial charge in [0.2, 0.25) is 0 Å². The second kappa shape index (κ2) is 2.09. The molecule has 0 aromatic heterocycles. The molecule has 2 bridgehead atoms. The molecule has 1 fully saturated rings. The van der Waals surface area contributed by atoms with E-state index >= 15 is 0 Å². The van der Waals surface area contributed by atoms with Crippen LogP contribution in [0.4, 0.5) is 0 Å². The Hall–Kier alpha value is -0.850. The summed E-state index contributed by atoms with van der Waals surface area (Å²) in [4.78, 5) is 11.7. The highest BCUT2D eigenvalue weighted by Gasteiger charge is 2.46. The van der Waals surface area contributed by atoms with Crippen molar-refractivity contribution in [3.8, 4) is 0 Å². The first-order valence-corrected chi connectivity index (χ1v) is 4.47. The Morgan fingerprint density at radius 2 is 2.33 bits per heavy atom.